The van der Waals surface area contributed by atoms with Crippen molar-refractivity contribution in [2.45, 2.75) is 5.03 Å². The van der Waals surface area contributed by atoms with Crippen molar-refractivity contribution in [3.05, 3.63) is 121 Å². The molecule has 133 valence electrons. The summed E-state index contributed by atoms with van der Waals surface area (Å²) in [6, 6.07) is 38.0. The average molecular weight is 477 g/mol. The monoisotopic (exact) mass is 478 g/mol. The Morgan fingerprint density at radius 3 is 1.22 bits per heavy atom. The molecule has 1 heterocycles. The van der Waals surface area contributed by atoms with E-state index in [1.165, 1.54) is 16.9 Å². The van der Waals surface area contributed by atoms with E-state index in [4.69, 9.17) is 0 Å². The van der Waals surface area contributed by atoms with Gasteiger partial charge in [0.25, 0.3) is 0 Å². The first-order chi connectivity index (χ1) is 13.3. The van der Waals surface area contributed by atoms with Crippen LogP contribution in [0.25, 0.3) is 0 Å². The Kier molecular flexibility index (Phi) is 7.36. The van der Waals surface area contributed by atoms with Crippen LogP contribution in [-0.2, 0) is 0 Å². The Morgan fingerprint density at radius 2 is 0.926 bits per heavy atom. The van der Waals surface area contributed by atoms with Crippen LogP contribution in [0.15, 0.2) is 120 Å². The molecule has 27 heavy (non-hydrogen) atoms. The van der Waals surface area contributed by atoms with Gasteiger partial charge >= 0.3 is 121 Å². The second kappa shape index (κ2) is 10.2. The molecule has 0 fully saturated rings. The zero-order valence-electron chi connectivity index (χ0n) is 14.8. The fraction of sp³-hybridized carbons (Fsp3) is 0. The Hall–Kier alpha value is -2.24. The zero-order chi connectivity index (χ0) is 18.9. The molecule has 0 bridgehead atoms. The van der Waals surface area contributed by atoms with Crippen molar-refractivity contribution in [1.82, 2.24) is 0 Å². The molecule has 0 saturated carbocycles. The molecule has 0 N–H and O–H groups in total. The van der Waals surface area contributed by atoms with E-state index in [-0.39, 0.29) is 0 Å². The molecule has 0 unspecified atom stereocenters. The second-order valence-electron chi connectivity index (χ2n) is 5.86. The molecule has 0 atom stereocenters. The Bertz CT molecular complexity index is 835. The van der Waals surface area contributed by atoms with E-state index in [0.29, 0.717) is 9.76 Å². The van der Waals surface area contributed by atoms with Gasteiger partial charge in [0.05, 0.1) is 0 Å². The van der Waals surface area contributed by atoms with Crippen molar-refractivity contribution in [2.24, 2.45) is 0 Å². The van der Waals surface area contributed by atoms with Crippen LogP contribution in [0.2, 0.25) is 0 Å². The molecule has 0 saturated heterocycles. The summed E-state index contributed by atoms with van der Waals surface area (Å²) in [6.45, 7) is 0. The molecule has 1 radical (unpaired) electrons. The fourth-order valence-corrected chi connectivity index (χ4v) is 10.2. The van der Waals surface area contributed by atoms with Gasteiger partial charge in [0.15, 0.2) is 6.20 Å². The Morgan fingerprint density at radius 1 is 0.556 bits per heavy atom. The molecule has 2 nitrogen and oxygen atoms in total. The van der Waals surface area contributed by atoms with Gasteiger partial charge in [-0.2, -0.15) is 4.73 Å². The molecule has 0 amide bonds. The standard InChI is InChI=1S/3C6H5.C5H5NOS.Sn/c3*1-2-4-6-5-3-1;7-6-4-2-1-3-5(6)8;/h3*1-5H;1-4,8H;. The molecule has 3 aromatic carbocycles. The number of thiol groups is 1. The first kappa shape index (κ1) is 19.5. The van der Waals surface area contributed by atoms with E-state index < -0.39 is 19.8 Å². The minimum absolute atomic E-state index is 0.424. The van der Waals surface area contributed by atoms with Crippen molar-refractivity contribution < 1.29 is 4.73 Å². The molecular weight excluding hydrogens is 457 g/mol. The third-order valence-corrected chi connectivity index (χ3v) is 12.1. The SMILES string of the molecule is [O-][n+]1ccccc1S.c1cc[c]([Sn]([c]2ccccc2)[c]2ccccc2)cc1. The van der Waals surface area contributed by atoms with Gasteiger partial charge in [-0.1, -0.05) is 12.6 Å². The maximum absolute atomic E-state index is 10.5. The van der Waals surface area contributed by atoms with E-state index >= 15 is 0 Å². The summed E-state index contributed by atoms with van der Waals surface area (Å²) in [4.78, 5) is 0. The third-order valence-electron chi connectivity index (χ3n) is 3.99. The van der Waals surface area contributed by atoms with Crippen LogP contribution in [0, 0.1) is 5.21 Å². The predicted octanol–water partition coefficient (Wildman–Crippen LogP) is 2.81. The molecule has 4 heteroatoms. The molecule has 4 rings (SSSR count). The van der Waals surface area contributed by atoms with Crippen LogP contribution in [0.5, 0.6) is 0 Å². The van der Waals surface area contributed by atoms with Crippen molar-refractivity contribution in [3.63, 3.8) is 0 Å². The average Bonchev–Trinajstić information content (AvgIpc) is 2.73. The second-order valence-corrected chi connectivity index (χ2v) is 13.4. The van der Waals surface area contributed by atoms with Crippen molar-refractivity contribution in [2.75, 3.05) is 0 Å². The first-order valence-electron chi connectivity index (χ1n) is 8.66. The Labute approximate surface area is 172 Å². The van der Waals surface area contributed by atoms with Crippen LogP contribution in [-0.4, -0.2) is 19.8 Å². The predicted molar refractivity (Wildman–Crippen MR) is 117 cm³/mol. The molecule has 1 aromatic heterocycles. The number of pyridine rings is 1. The summed E-state index contributed by atoms with van der Waals surface area (Å²) in [7, 11) is 0. The molecule has 0 spiro atoms. The number of aromatic nitrogens is 1. The normalized spacial score (nSPS) is 10.1. The topological polar surface area (TPSA) is 26.9 Å². The van der Waals surface area contributed by atoms with Gasteiger partial charge in [-0.25, -0.2) is 0 Å². The van der Waals surface area contributed by atoms with E-state index in [2.05, 4.69) is 104 Å². The van der Waals surface area contributed by atoms with Gasteiger partial charge < -0.3 is 5.21 Å². The number of hydrogen-bond donors (Lipinski definition) is 1. The summed E-state index contributed by atoms with van der Waals surface area (Å²) < 4.78 is 5.29. The van der Waals surface area contributed by atoms with Gasteiger partial charge in [-0.3, -0.25) is 0 Å². The fourth-order valence-electron chi connectivity index (χ4n) is 2.73. The number of hydrogen-bond acceptors (Lipinski definition) is 2. The van der Waals surface area contributed by atoms with E-state index in [0.717, 1.165) is 0 Å². The van der Waals surface area contributed by atoms with Crippen molar-refractivity contribution in [1.29, 1.82) is 0 Å². The summed E-state index contributed by atoms with van der Waals surface area (Å²) in [5, 5.41) is 10.9. The van der Waals surface area contributed by atoms with Crippen molar-refractivity contribution in [3.8, 4) is 0 Å². The first-order valence-corrected chi connectivity index (χ1v) is 13.4. The molecule has 0 aliphatic carbocycles. The maximum atomic E-state index is 10.5. The third kappa shape index (κ3) is 5.61. The van der Waals surface area contributed by atoms with Gasteiger partial charge in [0.1, 0.15) is 0 Å². The summed E-state index contributed by atoms with van der Waals surface area (Å²) >= 11 is 1.87. The van der Waals surface area contributed by atoms with Gasteiger partial charge in [0, 0.05) is 12.1 Å². The summed E-state index contributed by atoms with van der Waals surface area (Å²) in [6.07, 6.45) is 1.41. The van der Waals surface area contributed by atoms with Crippen LogP contribution < -0.4 is 15.5 Å². The number of nitrogens with zero attached hydrogens (tertiary/aromatic N) is 1. The minimum atomic E-state index is -1.98. The number of benzene rings is 3. The molecule has 0 aliphatic heterocycles. The summed E-state index contributed by atoms with van der Waals surface area (Å²) in [5.74, 6) is 0. The van der Waals surface area contributed by atoms with Gasteiger partial charge in [-0.05, 0) is 6.07 Å². The van der Waals surface area contributed by atoms with Crippen LogP contribution in [0.4, 0.5) is 0 Å². The quantitative estimate of drug-likeness (QED) is 0.209. The van der Waals surface area contributed by atoms with Crippen LogP contribution >= 0.6 is 12.6 Å². The van der Waals surface area contributed by atoms with Gasteiger partial charge in [-0.15, -0.1) is 0 Å². The molecule has 0 aliphatic rings. The van der Waals surface area contributed by atoms with Crippen LogP contribution in [0.1, 0.15) is 0 Å². The zero-order valence-corrected chi connectivity index (χ0v) is 18.5. The van der Waals surface area contributed by atoms with E-state index in [9.17, 15) is 5.21 Å². The molecular formula is C23H20NOSSn. The van der Waals surface area contributed by atoms with E-state index in [1.807, 2.05) is 0 Å². The van der Waals surface area contributed by atoms with E-state index in [1.54, 1.807) is 18.2 Å². The number of rotatable bonds is 3. The Balaban J connectivity index is 0.000000221. The molecule has 4 aromatic rings. The summed E-state index contributed by atoms with van der Waals surface area (Å²) in [5.41, 5.74) is 0. The van der Waals surface area contributed by atoms with Gasteiger partial charge in [0.2, 0.25) is 5.03 Å². The van der Waals surface area contributed by atoms with Crippen LogP contribution in [0.3, 0.4) is 0 Å². The van der Waals surface area contributed by atoms with Crippen molar-refractivity contribution >= 4 is 43.1 Å².